The van der Waals surface area contributed by atoms with Crippen molar-refractivity contribution < 1.29 is 9.90 Å². The van der Waals surface area contributed by atoms with Gasteiger partial charge in [0.15, 0.2) is 0 Å². The van der Waals surface area contributed by atoms with Crippen LogP contribution in [0.3, 0.4) is 0 Å². The molecule has 2 saturated heterocycles. The van der Waals surface area contributed by atoms with E-state index in [0.717, 1.165) is 25.8 Å². The smallest absolute Gasteiger partial charge is 0.219 e. The Balaban J connectivity index is 0.000000164. The first-order valence-corrected chi connectivity index (χ1v) is 7.96. The molecule has 1 aromatic rings. The van der Waals surface area contributed by atoms with Crippen LogP contribution in [-0.4, -0.2) is 30.6 Å². The molecule has 6 heteroatoms. The molecule has 0 spiro atoms. The molecule has 0 aliphatic carbocycles. The second-order valence-electron chi connectivity index (χ2n) is 4.86. The van der Waals surface area contributed by atoms with Crippen molar-refractivity contribution in [1.29, 1.82) is 0 Å². The van der Waals surface area contributed by atoms with Gasteiger partial charge in [0.1, 0.15) is 5.75 Å². The van der Waals surface area contributed by atoms with Gasteiger partial charge in [-0.2, -0.15) is 0 Å². The number of benzene rings is 1. The van der Waals surface area contributed by atoms with Crippen LogP contribution in [0.1, 0.15) is 32.1 Å². The first-order chi connectivity index (χ1) is 10.1. The third-order valence-electron chi connectivity index (χ3n) is 3.01. The van der Waals surface area contributed by atoms with Crippen molar-refractivity contribution >= 4 is 29.1 Å². The van der Waals surface area contributed by atoms with Crippen LogP contribution >= 0.6 is 23.2 Å². The van der Waals surface area contributed by atoms with E-state index in [2.05, 4.69) is 10.6 Å². The van der Waals surface area contributed by atoms with Crippen molar-refractivity contribution in [3.8, 4) is 5.75 Å². The topological polar surface area (TPSA) is 61.4 Å². The molecule has 0 atom stereocenters. The minimum Gasteiger partial charge on any atom is -0.508 e. The summed E-state index contributed by atoms with van der Waals surface area (Å²) in [5, 5.41) is 15.6. The first kappa shape index (κ1) is 18.1. The molecule has 0 unspecified atom stereocenters. The minimum absolute atomic E-state index is 0.129. The SMILES string of the molecule is C1CCNC1.O=C1CCCCN1.Oc1ccc(Cl)c(Cl)c1. The summed E-state index contributed by atoms with van der Waals surface area (Å²) in [5.74, 6) is 0.343. The lowest BCUT2D eigenvalue weighted by Crippen LogP contribution is -2.28. The van der Waals surface area contributed by atoms with Crippen LogP contribution in [0.15, 0.2) is 18.2 Å². The number of hydrogen-bond acceptors (Lipinski definition) is 3. The van der Waals surface area contributed by atoms with Crippen molar-refractivity contribution in [1.82, 2.24) is 10.6 Å². The normalized spacial score (nSPS) is 17.0. The first-order valence-electron chi connectivity index (χ1n) is 7.21. The average molecular weight is 333 g/mol. The summed E-state index contributed by atoms with van der Waals surface area (Å²) >= 11 is 11.1. The van der Waals surface area contributed by atoms with Crippen molar-refractivity contribution in [2.75, 3.05) is 19.6 Å². The number of carbonyl (C=O) groups excluding carboxylic acids is 1. The molecular weight excluding hydrogens is 311 g/mol. The van der Waals surface area contributed by atoms with Crippen LogP contribution in [0.2, 0.25) is 10.0 Å². The van der Waals surface area contributed by atoms with Crippen LogP contribution in [-0.2, 0) is 4.79 Å². The highest BCUT2D eigenvalue weighted by Gasteiger charge is 2.04. The van der Waals surface area contributed by atoms with E-state index in [4.69, 9.17) is 28.3 Å². The predicted octanol–water partition coefficient (Wildman–Crippen LogP) is 3.36. The van der Waals surface area contributed by atoms with E-state index < -0.39 is 0 Å². The van der Waals surface area contributed by atoms with Gasteiger partial charge in [0.25, 0.3) is 0 Å². The van der Waals surface area contributed by atoms with E-state index in [-0.39, 0.29) is 11.7 Å². The number of carbonyl (C=O) groups is 1. The molecule has 4 nitrogen and oxygen atoms in total. The Labute approximate surface area is 135 Å². The van der Waals surface area contributed by atoms with E-state index in [1.54, 1.807) is 6.07 Å². The molecule has 0 aromatic heterocycles. The quantitative estimate of drug-likeness (QED) is 0.682. The standard InChI is InChI=1S/C6H4Cl2O.C5H9NO.C4H9N/c7-5-2-1-4(9)3-6(5)8;7-5-3-1-2-4-6-5;1-2-4-5-3-1/h1-3,9H;1-4H2,(H,6,7);5H,1-4H2. The summed E-state index contributed by atoms with van der Waals surface area (Å²) in [6, 6.07) is 4.41. The van der Waals surface area contributed by atoms with Gasteiger partial charge in [-0.15, -0.1) is 0 Å². The second-order valence-corrected chi connectivity index (χ2v) is 5.68. The fourth-order valence-corrected chi connectivity index (χ4v) is 2.13. The van der Waals surface area contributed by atoms with Crippen molar-refractivity contribution in [3.05, 3.63) is 28.2 Å². The lowest BCUT2D eigenvalue weighted by molar-refractivity contribution is -0.122. The van der Waals surface area contributed by atoms with Crippen LogP contribution in [0, 0.1) is 0 Å². The van der Waals surface area contributed by atoms with Gasteiger partial charge in [0.2, 0.25) is 5.91 Å². The number of amides is 1. The molecule has 1 aromatic carbocycles. The number of phenols is 1. The highest BCUT2D eigenvalue weighted by Crippen LogP contribution is 2.24. The maximum atomic E-state index is 10.4. The fourth-order valence-electron chi connectivity index (χ4n) is 1.84. The molecule has 118 valence electrons. The van der Waals surface area contributed by atoms with E-state index >= 15 is 0 Å². The highest BCUT2D eigenvalue weighted by molar-refractivity contribution is 6.42. The summed E-state index contributed by atoms with van der Waals surface area (Å²) in [5.41, 5.74) is 0. The van der Waals surface area contributed by atoms with E-state index in [0.29, 0.717) is 10.0 Å². The number of hydrogen-bond donors (Lipinski definition) is 3. The van der Waals surface area contributed by atoms with Crippen LogP contribution in [0.4, 0.5) is 0 Å². The summed E-state index contributed by atoms with van der Waals surface area (Å²) < 4.78 is 0. The zero-order valence-corrected chi connectivity index (χ0v) is 13.5. The van der Waals surface area contributed by atoms with Gasteiger partial charge in [-0.3, -0.25) is 4.79 Å². The Hall–Kier alpha value is -0.970. The highest BCUT2D eigenvalue weighted by atomic mass is 35.5. The number of nitrogens with one attached hydrogen (secondary N) is 2. The van der Waals surface area contributed by atoms with Gasteiger partial charge in [-0.05, 0) is 57.0 Å². The fraction of sp³-hybridized carbons (Fsp3) is 0.533. The summed E-state index contributed by atoms with van der Waals surface area (Å²) in [6.45, 7) is 3.39. The summed E-state index contributed by atoms with van der Waals surface area (Å²) in [7, 11) is 0. The Morgan fingerprint density at radius 1 is 0.952 bits per heavy atom. The van der Waals surface area contributed by atoms with E-state index in [1.165, 1.54) is 38.1 Å². The molecule has 3 N–H and O–H groups in total. The minimum atomic E-state index is 0.129. The Morgan fingerprint density at radius 3 is 1.95 bits per heavy atom. The molecule has 2 fully saturated rings. The number of piperidine rings is 1. The summed E-state index contributed by atoms with van der Waals surface area (Å²) in [6.07, 6.45) is 5.75. The largest absolute Gasteiger partial charge is 0.508 e. The molecule has 0 radical (unpaired) electrons. The molecule has 2 heterocycles. The second kappa shape index (κ2) is 10.7. The van der Waals surface area contributed by atoms with E-state index in [9.17, 15) is 4.79 Å². The van der Waals surface area contributed by atoms with Gasteiger partial charge in [0.05, 0.1) is 10.0 Å². The number of aromatic hydroxyl groups is 1. The Morgan fingerprint density at radius 2 is 1.62 bits per heavy atom. The number of rotatable bonds is 0. The molecular formula is C15H22Cl2N2O2. The molecule has 2 aliphatic heterocycles. The van der Waals surface area contributed by atoms with Crippen molar-refractivity contribution in [2.45, 2.75) is 32.1 Å². The lowest BCUT2D eigenvalue weighted by atomic mass is 10.2. The zero-order valence-electron chi connectivity index (χ0n) is 12.0. The number of phenolic OH excluding ortho intramolecular Hbond substituents is 1. The Bertz CT molecular complexity index is 422. The maximum Gasteiger partial charge on any atom is 0.219 e. The van der Waals surface area contributed by atoms with Gasteiger partial charge in [-0.25, -0.2) is 0 Å². The third-order valence-corrected chi connectivity index (χ3v) is 3.75. The van der Waals surface area contributed by atoms with Crippen molar-refractivity contribution in [2.24, 2.45) is 0 Å². The molecule has 3 rings (SSSR count). The monoisotopic (exact) mass is 332 g/mol. The van der Waals surface area contributed by atoms with Gasteiger partial charge >= 0.3 is 0 Å². The number of halogens is 2. The molecule has 21 heavy (non-hydrogen) atoms. The van der Waals surface area contributed by atoms with Gasteiger partial charge in [-0.1, -0.05) is 23.2 Å². The van der Waals surface area contributed by atoms with E-state index in [1.807, 2.05) is 0 Å². The van der Waals surface area contributed by atoms with Crippen LogP contribution in [0.5, 0.6) is 5.75 Å². The lowest BCUT2D eigenvalue weighted by Gasteiger charge is -2.08. The van der Waals surface area contributed by atoms with Gasteiger partial charge in [0, 0.05) is 13.0 Å². The molecule has 0 bridgehead atoms. The molecule has 0 saturated carbocycles. The predicted molar refractivity (Wildman–Crippen MR) is 87.1 cm³/mol. The zero-order chi connectivity index (χ0) is 15.5. The van der Waals surface area contributed by atoms with Crippen molar-refractivity contribution in [3.63, 3.8) is 0 Å². The van der Waals surface area contributed by atoms with Crippen LogP contribution in [0.25, 0.3) is 0 Å². The summed E-state index contributed by atoms with van der Waals surface area (Å²) in [4.78, 5) is 10.4. The average Bonchev–Trinajstić information content (AvgIpc) is 3.04. The molecule has 1 amide bonds. The third kappa shape index (κ3) is 8.81. The Kier molecular flexibility index (Phi) is 9.22. The van der Waals surface area contributed by atoms with Crippen LogP contribution < -0.4 is 10.6 Å². The molecule has 2 aliphatic rings. The van der Waals surface area contributed by atoms with Gasteiger partial charge < -0.3 is 15.7 Å². The maximum absolute atomic E-state index is 10.4.